The molecule has 0 radical (unpaired) electrons. The first-order valence-corrected chi connectivity index (χ1v) is 5.22. The summed E-state index contributed by atoms with van der Waals surface area (Å²) in [5, 5.41) is 12.2. The monoisotopic (exact) mass is 235 g/mol. The van der Waals surface area contributed by atoms with Gasteiger partial charge in [-0.3, -0.25) is 4.98 Å². The highest BCUT2D eigenvalue weighted by Gasteiger charge is 2.04. The van der Waals surface area contributed by atoms with Crippen LogP contribution in [0.25, 0.3) is 0 Å². The van der Waals surface area contributed by atoms with Crippen LogP contribution in [0.3, 0.4) is 0 Å². The Bertz CT molecular complexity index is 496. The second kappa shape index (κ2) is 4.67. The number of hydrogen-bond acceptors (Lipinski definition) is 5. The molecule has 82 valence electrons. The van der Waals surface area contributed by atoms with Crippen molar-refractivity contribution in [1.29, 1.82) is 0 Å². The summed E-state index contributed by atoms with van der Waals surface area (Å²) >= 11 is 1.44. The number of oxime groups is 1. The third-order valence-corrected chi connectivity index (χ3v) is 2.70. The van der Waals surface area contributed by atoms with Gasteiger partial charge in [0.1, 0.15) is 5.69 Å². The summed E-state index contributed by atoms with van der Waals surface area (Å²) in [5.41, 5.74) is 5.87. The van der Waals surface area contributed by atoms with Gasteiger partial charge >= 0.3 is 0 Å². The third kappa shape index (κ3) is 2.31. The Balaban J connectivity index is 2.23. The second-order valence-corrected chi connectivity index (χ2v) is 3.92. The molecule has 7 heteroatoms. The summed E-state index contributed by atoms with van der Waals surface area (Å²) in [4.78, 5) is 11.9. The maximum atomic E-state index is 8.53. The molecular weight excluding hydrogens is 226 g/mol. The number of nitrogens with zero attached hydrogens (tertiary/aromatic N) is 3. The molecule has 16 heavy (non-hydrogen) atoms. The number of imidazole rings is 1. The van der Waals surface area contributed by atoms with E-state index in [9.17, 15) is 0 Å². The number of H-pyrrole nitrogens is 1. The molecule has 2 rings (SSSR count). The topological polar surface area (TPSA) is 100 Å². The van der Waals surface area contributed by atoms with Crippen LogP contribution in [0, 0.1) is 0 Å². The molecule has 0 spiro atoms. The number of rotatable bonds is 3. The Labute approximate surface area is 95.6 Å². The number of amidine groups is 1. The van der Waals surface area contributed by atoms with Gasteiger partial charge in [0.15, 0.2) is 11.0 Å². The van der Waals surface area contributed by atoms with Crippen LogP contribution in [0.2, 0.25) is 0 Å². The fourth-order valence-electron chi connectivity index (χ4n) is 1.08. The maximum Gasteiger partial charge on any atom is 0.188 e. The van der Waals surface area contributed by atoms with E-state index in [1.165, 1.54) is 11.8 Å². The molecule has 4 N–H and O–H groups in total. The summed E-state index contributed by atoms with van der Waals surface area (Å²) in [7, 11) is 0. The van der Waals surface area contributed by atoms with Crippen LogP contribution in [0.4, 0.5) is 0 Å². The smallest absolute Gasteiger partial charge is 0.188 e. The van der Waals surface area contributed by atoms with E-state index in [1.807, 2.05) is 6.07 Å². The van der Waals surface area contributed by atoms with Crippen molar-refractivity contribution < 1.29 is 5.21 Å². The molecule has 2 aromatic heterocycles. The van der Waals surface area contributed by atoms with E-state index in [0.29, 0.717) is 5.69 Å². The number of pyridine rings is 1. The van der Waals surface area contributed by atoms with E-state index in [-0.39, 0.29) is 5.84 Å². The number of nitrogens with one attached hydrogen (secondary N) is 1. The van der Waals surface area contributed by atoms with Crippen molar-refractivity contribution in [3.05, 3.63) is 36.4 Å². The molecule has 0 atom stereocenters. The Hall–Kier alpha value is -2.02. The first-order chi connectivity index (χ1) is 7.79. The Morgan fingerprint density at radius 1 is 1.44 bits per heavy atom. The highest BCUT2D eigenvalue weighted by Crippen LogP contribution is 2.23. The second-order valence-electron chi connectivity index (χ2n) is 2.86. The molecule has 0 bridgehead atoms. The largest absolute Gasteiger partial charge is 0.409 e. The van der Waals surface area contributed by atoms with E-state index in [4.69, 9.17) is 10.9 Å². The lowest BCUT2D eigenvalue weighted by atomic mass is 10.3. The average Bonchev–Trinajstić information content (AvgIpc) is 2.81. The van der Waals surface area contributed by atoms with Gasteiger partial charge in [0.05, 0.1) is 0 Å². The molecule has 0 saturated heterocycles. The number of hydrogen-bond donors (Lipinski definition) is 3. The highest BCUT2D eigenvalue weighted by molar-refractivity contribution is 7.99. The summed E-state index contributed by atoms with van der Waals surface area (Å²) in [6, 6.07) is 3.55. The molecule has 0 aromatic carbocycles. The standard InChI is InChI=1S/C9H9N5OS/c10-8(14-15)7-5-6(1-2-11-7)16-9-12-3-4-13-9/h1-5,15H,(H2,10,14)(H,12,13). The van der Waals surface area contributed by atoms with Crippen LogP contribution in [0.5, 0.6) is 0 Å². The van der Waals surface area contributed by atoms with Crippen molar-refractivity contribution in [2.75, 3.05) is 0 Å². The number of nitrogens with two attached hydrogens (primary N) is 1. The van der Waals surface area contributed by atoms with Gasteiger partial charge in [0, 0.05) is 23.5 Å². The molecule has 0 unspecified atom stereocenters. The van der Waals surface area contributed by atoms with Crippen molar-refractivity contribution >= 4 is 17.6 Å². The van der Waals surface area contributed by atoms with Crippen LogP contribution in [-0.2, 0) is 0 Å². The molecule has 6 nitrogen and oxygen atoms in total. The molecule has 2 aromatic rings. The van der Waals surface area contributed by atoms with Gasteiger partial charge in [0.25, 0.3) is 0 Å². The van der Waals surface area contributed by atoms with Crippen LogP contribution >= 0.6 is 11.8 Å². The fraction of sp³-hybridized carbons (Fsp3) is 0. The lowest BCUT2D eigenvalue weighted by molar-refractivity contribution is 0.318. The van der Waals surface area contributed by atoms with Crippen molar-refractivity contribution in [2.45, 2.75) is 10.1 Å². The SMILES string of the molecule is N/C(=N/O)c1cc(Sc2ncc[nH]2)ccn1. The summed E-state index contributed by atoms with van der Waals surface area (Å²) in [5.74, 6) is -0.0121. The molecule has 2 heterocycles. The van der Waals surface area contributed by atoms with Crippen molar-refractivity contribution in [3.63, 3.8) is 0 Å². The molecule has 0 aliphatic rings. The summed E-state index contributed by atoms with van der Waals surface area (Å²) < 4.78 is 0. The van der Waals surface area contributed by atoms with Crippen LogP contribution in [0.1, 0.15) is 5.69 Å². The number of aromatic amines is 1. The van der Waals surface area contributed by atoms with Gasteiger partial charge in [-0.1, -0.05) is 16.9 Å². The molecule has 0 amide bonds. The van der Waals surface area contributed by atoms with Crippen LogP contribution in [-0.4, -0.2) is 26.0 Å². The zero-order valence-corrected chi connectivity index (χ0v) is 8.98. The molecule has 0 fully saturated rings. The predicted octanol–water partition coefficient (Wildman–Crippen LogP) is 1.05. The molecular formula is C9H9N5OS. The van der Waals surface area contributed by atoms with Crippen molar-refractivity contribution in [1.82, 2.24) is 15.0 Å². The van der Waals surface area contributed by atoms with E-state index in [1.54, 1.807) is 24.7 Å². The van der Waals surface area contributed by atoms with E-state index < -0.39 is 0 Å². The Morgan fingerprint density at radius 3 is 3.00 bits per heavy atom. The van der Waals surface area contributed by atoms with Crippen molar-refractivity contribution in [3.8, 4) is 0 Å². The fourth-order valence-corrected chi connectivity index (χ4v) is 1.85. The van der Waals surface area contributed by atoms with Gasteiger partial charge in [-0.25, -0.2) is 4.98 Å². The summed E-state index contributed by atoms with van der Waals surface area (Å²) in [6.45, 7) is 0. The van der Waals surface area contributed by atoms with Gasteiger partial charge in [-0.05, 0) is 12.1 Å². The minimum Gasteiger partial charge on any atom is -0.409 e. The lowest BCUT2D eigenvalue weighted by Crippen LogP contribution is -2.14. The highest BCUT2D eigenvalue weighted by atomic mass is 32.2. The van der Waals surface area contributed by atoms with Crippen molar-refractivity contribution in [2.24, 2.45) is 10.9 Å². The average molecular weight is 235 g/mol. The lowest BCUT2D eigenvalue weighted by Gasteiger charge is -2.00. The van der Waals surface area contributed by atoms with E-state index in [2.05, 4.69) is 20.1 Å². The van der Waals surface area contributed by atoms with Crippen LogP contribution in [0.15, 0.2) is 45.9 Å². The minimum atomic E-state index is -0.0121. The van der Waals surface area contributed by atoms with Gasteiger partial charge in [-0.15, -0.1) is 0 Å². The Kier molecular flexibility index (Phi) is 3.06. The predicted molar refractivity (Wildman–Crippen MR) is 59.5 cm³/mol. The molecule has 0 aliphatic heterocycles. The molecule has 0 aliphatic carbocycles. The zero-order valence-electron chi connectivity index (χ0n) is 8.16. The van der Waals surface area contributed by atoms with Gasteiger partial charge in [0.2, 0.25) is 0 Å². The first kappa shape index (κ1) is 10.5. The quantitative estimate of drug-likeness (QED) is 0.319. The summed E-state index contributed by atoms with van der Waals surface area (Å²) in [6.07, 6.45) is 5.01. The normalized spacial score (nSPS) is 11.6. The van der Waals surface area contributed by atoms with Crippen LogP contribution < -0.4 is 5.73 Å². The Morgan fingerprint density at radius 2 is 2.31 bits per heavy atom. The van der Waals surface area contributed by atoms with E-state index in [0.717, 1.165) is 10.1 Å². The third-order valence-electron chi connectivity index (χ3n) is 1.79. The first-order valence-electron chi connectivity index (χ1n) is 4.41. The maximum absolute atomic E-state index is 8.53. The number of aromatic nitrogens is 3. The molecule has 0 saturated carbocycles. The van der Waals surface area contributed by atoms with Gasteiger partial charge in [-0.2, -0.15) is 0 Å². The zero-order chi connectivity index (χ0) is 11.4. The minimum absolute atomic E-state index is 0.0121. The van der Waals surface area contributed by atoms with E-state index >= 15 is 0 Å². The van der Waals surface area contributed by atoms with Gasteiger partial charge < -0.3 is 15.9 Å².